The molecule has 11 heteroatoms. The second kappa shape index (κ2) is 6.68. The molecule has 1 aromatic heterocycles. The first kappa shape index (κ1) is 17.4. The van der Waals surface area contributed by atoms with Gasteiger partial charge in [-0.3, -0.25) is 4.57 Å². The van der Waals surface area contributed by atoms with Crippen LogP contribution in [0.5, 0.6) is 0 Å². The predicted octanol–water partition coefficient (Wildman–Crippen LogP) is 5.58. The number of hydrogen-bond donors (Lipinski definition) is 0. The summed E-state index contributed by atoms with van der Waals surface area (Å²) in [6.07, 6.45) is 0. The second-order valence-electron chi connectivity index (χ2n) is 3.59. The first-order chi connectivity index (χ1) is 9.73. The van der Waals surface area contributed by atoms with Crippen LogP contribution >= 0.6 is 62.3 Å². The summed E-state index contributed by atoms with van der Waals surface area (Å²) in [5.41, 5.74) is 0.0954. The van der Waals surface area contributed by atoms with Gasteiger partial charge in [0, 0.05) is 5.02 Å². The molecular formula is C10H3BrCl4F2N2OS. The monoisotopic (exact) mass is 456 g/mol. The molecule has 1 heterocycles. The number of hydrogen-bond acceptors (Lipinski definition) is 2. The average molecular weight is 459 g/mol. The van der Waals surface area contributed by atoms with Crippen LogP contribution < -0.4 is 0 Å². The van der Waals surface area contributed by atoms with E-state index in [1.165, 1.54) is 12.1 Å². The van der Waals surface area contributed by atoms with Crippen molar-refractivity contribution in [3.8, 4) is 5.69 Å². The Kier molecular flexibility index (Phi) is 5.55. The summed E-state index contributed by atoms with van der Waals surface area (Å²) in [5.74, 6) is -3.14. The maximum absolute atomic E-state index is 12.7. The molecule has 0 aliphatic carbocycles. The molecule has 0 amide bonds. The van der Waals surface area contributed by atoms with Crippen molar-refractivity contribution in [2.75, 3.05) is 0 Å². The Morgan fingerprint density at radius 1 is 1.19 bits per heavy atom. The maximum Gasteiger partial charge on any atom is 0.319 e. The van der Waals surface area contributed by atoms with E-state index in [2.05, 4.69) is 20.9 Å². The Morgan fingerprint density at radius 2 is 1.71 bits per heavy atom. The van der Waals surface area contributed by atoms with Gasteiger partial charge in [0.2, 0.25) is 5.16 Å². The lowest BCUT2D eigenvalue weighted by Gasteiger charge is -2.12. The lowest BCUT2D eigenvalue weighted by Crippen LogP contribution is -2.11. The third-order valence-corrected chi connectivity index (χ3v) is 5.27. The van der Waals surface area contributed by atoms with Gasteiger partial charge in [-0.2, -0.15) is 8.78 Å². The van der Waals surface area contributed by atoms with Gasteiger partial charge in [0.15, 0.2) is 16.0 Å². The molecular weight excluding hydrogens is 456 g/mol. The van der Waals surface area contributed by atoms with Crippen molar-refractivity contribution < 1.29 is 13.0 Å². The summed E-state index contributed by atoms with van der Waals surface area (Å²) >= 11 is 26.8. The van der Waals surface area contributed by atoms with Crippen LogP contribution in [0.15, 0.2) is 21.9 Å². The van der Waals surface area contributed by atoms with Gasteiger partial charge in [0.25, 0.3) is 0 Å². The van der Waals surface area contributed by atoms with Gasteiger partial charge < -0.3 is 0 Å². The van der Waals surface area contributed by atoms with E-state index < -0.39 is 21.7 Å². The fraction of sp³-hybridized carbons (Fsp3) is 0.100. The minimum absolute atomic E-state index is 0.0646. The molecule has 0 saturated carbocycles. The van der Waals surface area contributed by atoms with Crippen LogP contribution in [0.2, 0.25) is 20.2 Å². The van der Waals surface area contributed by atoms with Gasteiger partial charge in [-0.05, 0) is 28.1 Å². The molecule has 0 radical (unpaired) electrons. The minimum Gasteiger partial charge on any atom is -0.275 e. The Morgan fingerprint density at radius 3 is 2.19 bits per heavy atom. The molecule has 0 fully saturated rings. The topological polar surface area (TPSA) is 34.9 Å². The number of benzene rings is 1. The van der Waals surface area contributed by atoms with Crippen LogP contribution in [-0.4, -0.2) is 19.5 Å². The van der Waals surface area contributed by atoms with E-state index in [1.54, 1.807) is 0 Å². The highest BCUT2D eigenvalue weighted by Crippen LogP contribution is 2.38. The highest BCUT2D eigenvalue weighted by atomic mass is 79.9. The Labute approximate surface area is 148 Å². The van der Waals surface area contributed by atoms with Crippen molar-refractivity contribution in [3.05, 3.63) is 37.0 Å². The second-order valence-corrected chi connectivity index (χ2v) is 7.26. The van der Waals surface area contributed by atoms with Crippen LogP contribution in [0.1, 0.15) is 0 Å². The van der Waals surface area contributed by atoms with E-state index >= 15 is 0 Å². The SMILES string of the molecule is O=S(c1nc(Cl)c(Br)n1-c1c(Cl)cc(Cl)cc1Cl)C(F)F. The van der Waals surface area contributed by atoms with Crippen molar-refractivity contribution in [1.29, 1.82) is 0 Å². The summed E-state index contributed by atoms with van der Waals surface area (Å²) in [6.45, 7) is 0. The first-order valence-electron chi connectivity index (χ1n) is 5.01. The number of halogens is 7. The number of rotatable bonds is 3. The van der Waals surface area contributed by atoms with Gasteiger partial charge in [-0.1, -0.05) is 46.4 Å². The van der Waals surface area contributed by atoms with E-state index in [0.29, 0.717) is 0 Å². The fourth-order valence-corrected chi connectivity index (χ4v) is 3.97. The molecule has 0 N–H and O–H groups in total. The molecule has 0 spiro atoms. The zero-order valence-corrected chi connectivity index (χ0v) is 15.0. The van der Waals surface area contributed by atoms with E-state index in [-0.39, 0.29) is 30.5 Å². The van der Waals surface area contributed by atoms with Crippen LogP contribution in [0.25, 0.3) is 5.69 Å². The van der Waals surface area contributed by atoms with Crippen LogP contribution in [-0.2, 0) is 10.8 Å². The maximum atomic E-state index is 12.7. The summed E-state index contributed by atoms with van der Waals surface area (Å²) in [7, 11) is -2.70. The quantitative estimate of drug-likeness (QED) is 0.602. The van der Waals surface area contributed by atoms with E-state index in [9.17, 15) is 13.0 Å². The van der Waals surface area contributed by atoms with E-state index in [4.69, 9.17) is 46.4 Å². The van der Waals surface area contributed by atoms with Crippen molar-refractivity contribution in [1.82, 2.24) is 9.55 Å². The van der Waals surface area contributed by atoms with Crippen LogP contribution in [0.3, 0.4) is 0 Å². The highest BCUT2D eigenvalue weighted by Gasteiger charge is 2.28. The van der Waals surface area contributed by atoms with Gasteiger partial charge in [0.05, 0.1) is 15.7 Å². The number of nitrogens with zero attached hydrogens (tertiary/aromatic N) is 2. The predicted molar refractivity (Wildman–Crippen MR) is 83.7 cm³/mol. The van der Waals surface area contributed by atoms with Crippen molar-refractivity contribution in [2.45, 2.75) is 10.9 Å². The third kappa shape index (κ3) is 3.38. The summed E-state index contributed by atoms with van der Waals surface area (Å²) in [4.78, 5) is 3.66. The molecule has 2 rings (SSSR count). The smallest absolute Gasteiger partial charge is 0.275 e. The van der Waals surface area contributed by atoms with Gasteiger partial charge in [-0.15, -0.1) is 0 Å². The Bertz CT molecular complexity index is 717. The van der Waals surface area contributed by atoms with Crippen molar-refractivity contribution in [2.24, 2.45) is 0 Å². The average Bonchev–Trinajstić information content (AvgIpc) is 2.65. The fourth-order valence-electron chi connectivity index (χ4n) is 1.51. The Balaban J connectivity index is 2.78. The molecule has 3 nitrogen and oxygen atoms in total. The molecule has 0 bridgehead atoms. The van der Waals surface area contributed by atoms with Gasteiger partial charge in [0.1, 0.15) is 4.60 Å². The summed E-state index contributed by atoms with van der Waals surface area (Å²) < 4.78 is 38.3. The largest absolute Gasteiger partial charge is 0.319 e. The molecule has 2 aromatic rings. The van der Waals surface area contributed by atoms with Crippen LogP contribution in [0.4, 0.5) is 8.78 Å². The van der Waals surface area contributed by atoms with Gasteiger partial charge in [-0.25, -0.2) is 9.19 Å². The van der Waals surface area contributed by atoms with Crippen LogP contribution in [0, 0.1) is 0 Å². The third-order valence-electron chi connectivity index (χ3n) is 2.30. The highest BCUT2D eigenvalue weighted by molar-refractivity contribution is 9.10. The first-order valence-corrected chi connectivity index (χ1v) is 8.53. The molecule has 0 aliphatic rings. The molecule has 21 heavy (non-hydrogen) atoms. The molecule has 1 aromatic carbocycles. The van der Waals surface area contributed by atoms with Crippen molar-refractivity contribution in [3.63, 3.8) is 0 Å². The molecule has 114 valence electrons. The van der Waals surface area contributed by atoms with E-state index in [1.807, 2.05) is 0 Å². The van der Waals surface area contributed by atoms with Gasteiger partial charge >= 0.3 is 5.76 Å². The van der Waals surface area contributed by atoms with E-state index in [0.717, 1.165) is 4.57 Å². The standard InChI is InChI=1S/C10H3BrCl4F2N2OS/c11-7-8(15)18-10(21(20)9(16)17)19(7)6-4(13)1-3(12)2-5(6)14/h1-2,9H. The molecule has 0 aliphatic heterocycles. The zero-order valence-electron chi connectivity index (χ0n) is 9.59. The summed E-state index contributed by atoms with van der Waals surface area (Å²) in [6, 6.07) is 2.72. The lowest BCUT2D eigenvalue weighted by molar-refractivity contribution is 0.243. The summed E-state index contributed by atoms with van der Waals surface area (Å²) in [5, 5.41) is -0.244. The molecule has 1 unspecified atom stereocenters. The number of alkyl halides is 2. The minimum atomic E-state index is -3.14. The molecule has 1 atom stereocenters. The Hall–Kier alpha value is 0.0800. The van der Waals surface area contributed by atoms with Crippen molar-refractivity contribution >= 4 is 73.1 Å². The lowest BCUT2D eigenvalue weighted by atomic mass is 10.3. The number of imidazole rings is 1. The number of aromatic nitrogens is 2. The zero-order chi connectivity index (χ0) is 15.9. The molecule has 0 saturated heterocycles. The normalized spacial score (nSPS) is 13.0.